The molecule has 8 nitrogen and oxygen atoms in total. The van der Waals surface area contributed by atoms with E-state index in [2.05, 4.69) is 33.1 Å². The number of hydrogen-bond donors (Lipinski definition) is 1. The van der Waals surface area contributed by atoms with E-state index in [0.717, 1.165) is 61.7 Å². The molecular formula is C21H28IN5O3. The highest BCUT2D eigenvalue weighted by Gasteiger charge is 2.20. The van der Waals surface area contributed by atoms with E-state index in [-0.39, 0.29) is 30.8 Å². The second-order valence-electron chi connectivity index (χ2n) is 6.76. The first kappa shape index (κ1) is 22.3. The lowest BCUT2D eigenvalue weighted by Crippen LogP contribution is -2.52. The summed E-state index contributed by atoms with van der Waals surface area (Å²) in [6, 6.07) is 11.6. The summed E-state index contributed by atoms with van der Waals surface area (Å²) in [5.74, 6) is 4.21. The molecule has 4 rings (SSSR count). The van der Waals surface area contributed by atoms with Crippen LogP contribution < -0.4 is 24.4 Å². The van der Waals surface area contributed by atoms with E-state index in [1.165, 1.54) is 0 Å². The monoisotopic (exact) mass is 525 g/mol. The minimum Gasteiger partial charge on any atom is -0.492 e. The van der Waals surface area contributed by atoms with Crippen LogP contribution in [0.1, 0.15) is 6.92 Å². The molecular weight excluding hydrogens is 497 g/mol. The summed E-state index contributed by atoms with van der Waals surface area (Å²) in [5.41, 5.74) is 0. The lowest BCUT2D eigenvalue weighted by atomic mass is 10.3. The van der Waals surface area contributed by atoms with Crippen LogP contribution in [-0.2, 0) is 0 Å². The lowest BCUT2D eigenvalue weighted by Gasteiger charge is -2.37. The van der Waals surface area contributed by atoms with Gasteiger partial charge in [-0.3, -0.25) is 0 Å². The van der Waals surface area contributed by atoms with Crippen LogP contribution in [0.4, 0.5) is 5.82 Å². The molecule has 2 aliphatic heterocycles. The van der Waals surface area contributed by atoms with Gasteiger partial charge in [-0.25, -0.2) is 9.98 Å². The van der Waals surface area contributed by atoms with Crippen molar-refractivity contribution in [2.24, 2.45) is 4.99 Å². The fourth-order valence-corrected chi connectivity index (χ4v) is 3.40. The number of rotatable bonds is 6. The summed E-state index contributed by atoms with van der Waals surface area (Å²) in [6.07, 6.45) is 1.84. The number of nitrogens with zero attached hydrogens (tertiary/aromatic N) is 4. The molecule has 30 heavy (non-hydrogen) atoms. The van der Waals surface area contributed by atoms with Gasteiger partial charge in [0, 0.05) is 45.0 Å². The highest BCUT2D eigenvalue weighted by molar-refractivity contribution is 14.0. The summed E-state index contributed by atoms with van der Waals surface area (Å²) >= 11 is 0. The Morgan fingerprint density at radius 2 is 1.97 bits per heavy atom. The molecule has 0 radical (unpaired) electrons. The van der Waals surface area contributed by atoms with Crippen LogP contribution in [0, 0.1) is 0 Å². The van der Waals surface area contributed by atoms with Crippen LogP contribution in [0.2, 0.25) is 0 Å². The van der Waals surface area contributed by atoms with Gasteiger partial charge in [-0.05, 0) is 31.2 Å². The number of hydrogen-bond acceptors (Lipinski definition) is 6. The second-order valence-corrected chi connectivity index (χ2v) is 6.76. The number of pyridine rings is 1. The van der Waals surface area contributed by atoms with E-state index in [1.807, 2.05) is 36.5 Å². The quantitative estimate of drug-likeness (QED) is 0.269. The molecule has 0 atom stereocenters. The fourth-order valence-electron chi connectivity index (χ4n) is 3.40. The van der Waals surface area contributed by atoms with Crippen LogP contribution >= 0.6 is 24.0 Å². The molecule has 2 aromatic rings. The van der Waals surface area contributed by atoms with Crippen molar-refractivity contribution in [2.45, 2.75) is 6.92 Å². The molecule has 3 heterocycles. The maximum atomic E-state index is 5.82. The van der Waals surface area contributed by atoms with Gasteiger partial charge in [0.05, 0.1) is 6.54 Å². The van der Waals surface area contributed by atoms with Crippen LogP contribution in [0.5, 0.6) is 17.2 Å². The van der Waals surface area contributed by atoms with E-state index in [9.17, 15) is 0 Å². The van der Waals surface area contributed by atoms with Gasteiger partial charge in [-0.2, -0.15) is 0 Å². The molecule has 1 aromatic heterocycles. The minimum absolute atomic E-state index is 0. The summed E-state index contributed by atoms with van der Waals surface area (Å²) in [5, 5.41) is 3.39. The summed E-state index contributed by atoms with van der Waals surface area (Å²) in [6.45, 7) is 7.94. The first-order valence-electron chi connectivity index (χ1n) is 10.0. The third-order valence-electron chi connectivity index (χ3n) is 4.85. The van der Waals surface area contributed by atoms with Gasteiger partial charge in [0.2, 0.25) is 6.79 Å². The Morgan fingerprint density at radius 1 is 1.13 bits per heavy atom. The fraction of sp³-hybridized carbons (Fsp3) is 0.429. The van der Waals surface area contributed by atoms with Gasteiger partial charge in [0.1, 0.15) is 18.2 Å². The molecule has 0 aliphatic carbocycles. The Labute approximate surface area is 194 Å². The second kappa shape index (κ2) is 11.1. The number of ether oxygens (including phenoxy) is 3. The highest BCUT2D eigenvalue weighted by atomic mass is 127. The van der Waals surface area contributed by atoms with Gasteiger partial charge < -0.3 is 29.3 Å². The predicted molar refractivity (Wildman–Crippen MR) is 127 cm³/mol. The Balaban J connectivity index is 0.00000256. The van der Waals surface area contributed by atoms with Gasteiger partial charge in [0.25, 0.3) is 0 Å². The third kappa shape index (κ3) is 5.59. The Morgan fingerprint density at radius 3 is 2.73 bits per heavy atom. The molecule has 1 saturated heterocycles. The van der Waals surface area contributed by atoms with Crippen LogP contribution in [0.25, 0.3) is 0 Å². The number of aliphatic imine (C=N–C) groups is 1. The number of piperazine rings is 1. The Kier molecular flexibility index (Phi) is 8.23. The number of anilines is 1. The molecule has 0 bridgehead atoms. The third-order valence-corrected chi connectivity index (χ3v) is 4.85. The average molecular weight is 525 g/mol. The van der Waals surface area contributed by atoms with Gasteiger partial charge >= 0.3 is 0 Å². The molecule has 162 valence electrons. The van der Waals surface area contributed by atoms with Crippen molar-refractivity contribution in [3.63, 3.8) is 0 Å². The van der Waals surface area contributed by atoms with Crippen molar-refractivity contribution in [1.82, 2.24) is 15.2 Å². The van der Waals surface area contributed by atoms with Crippen LogP contribution in [-0.4, -0.2) is 68.5 Å². The van der Waals surface area contributed by atoms with Crippen molar-refractivity contribution in [3.8, 4) is 17.2 Å². The maximum absolute atomic E-state index is 5.82. The van der Waals surface area contributed by atoms with Crippen LogP contribution in [0.3, 0.4) is 0 Å². The molecule has 0 unspecified atom stereocenters. The van der Waals surface area contributed by atoms with E-state index in [4.69, 9.17) is 19.2 Å². The zero-order valence-electron chi connectivity index (χ0n) is 17.1. The summed E-state index contributed by atoms with van der Waals surface area (Å²) < 4.78 is 16.5. The maximum Gasteiger partial charge on any atom is 0.231 e. The van der Waals surface area contributed by atoms with Gasteiger partial charge in [0.15, 0.2) is 17.5 Å². The molecule has 0 spiro atoms. The van der Waals surface area contributed by atoms with Crippen LogP contribution in [0.15, 0.2) is 47.6 Å². The standard InChI is InChI=1S/C21H27N5O3.HI/c1-2-22-21(26-12-10-25(11-13-26)20-5-3-4-8-23-20)24-9-14-27-17-6-7-18-19(15-17)29-16-28-18;/h3-8,15H,2,9-14,16H2,1H3,(H,22,24);1H. The Hall–Kier alpha value is -2.43. The molecule has 1 N–H and O–H groups in total. The molecule has 1 aromatic carbocycles. The summed E-state index contributed by atoms with van der Waals surface area (Å²) in [7, 11) is 0. The molecule has 0 amide bonds. The number of halogens is 1. The van der Waals surface area contributed by atoms with Gasteiger partial charge in [-0.15, -0.1) is 24.0 Å². The molecule has 2 aliphatic rings. The number of fused-ring (bicyclic) bond motifs is 1. The zero-order valence-corrected chi connectivity index (χ0v) is 19.5. The van der Waals surface area contributed by atoms with E-state index >= 15 is 0 Å². The number of benzene rings is 1. The number of aromatic nitrogens is 1. The van der Waals surface area contributed by atoms with E-state index < -0.39 is 0 Å². The molecule has 0 saturated carbocycles. The van der Waals surface area contributed by atoms with Crippen molar-refractivity contribution in [1.29, 1.82) is 0 Å². The smallest absolute Gasteiger partial charge is 0.231 e. The first-order valence-corrected chi connectivity index (χ1v) is 10.0. The molecule has 1 fully saturated rings. The van der Waals surface area contributed by atoms with Crippen molar-refractivity contribution in [3.05, 3.63) is 42.6 Å². The van der Waals surface area contributed by atoms with E-state index in [1.54, 1.807) is 0 Å². The first-order chi connectivity index (χ1) is 14.3. The van der Waals surface area contributed by atoms with Crippen molar-refractivity contribution in [2.75, 3.05) is 57.6 Å². The van der Waals surface area contributed by atoms with Gasteiger partial charge in [-0.1, -0.05) is 6.07 Å². The number of guanidine groups is 1. The predicted octanol–water partition coefficient (Wildman–Crippen LogP) is 2.59. The normalized spacial score (nSPS) is 15.6. The summed E-state index contributed by atoms with van der Waals surface area (Å²) in [4.78, 5) is 13.8. The van der Waals surface area contributed by atoms with Crippen molar-refractivity contribution >= 4 is 35.8 Å². The highest BCUT2D eigenvalue weighted by Crippen LogP contribution is 2.35. The SMILES string of the molecule is CCNC(=NCCOc1ccc2c(c1)OCO2)N1CCN(c2ccccn2)CC1.I. The topological polar surface area (TPSA) is 71.5 Å². The lowest BCUT2D eigenvalue weighted by molar-refractivity contribution is 0.173. The Bertz CT molecular complexity index is 829. The average Bonchev–Trinajstić information content (AvgIpc) is 3.25. The number of nitrogens with one attached hydrogen (secondary N) is 1. The zero-order chi connectivity index (χ0) is 19.9. The largest absolute Gasteiger partial charge is 0.492 e. The minimum atomic E-state index is 0. The van der Waals surface area contributed by atoms with Crippen molar-refractivity contribution < 1.29 is 14.2 Å². The van der Waals surface area contributed by atoms with E-state index in [0.29, 0.717) is 13.2 Å². The molecule has 9 heteroatoms.